The Hall–Kier alpha value is -3.02. The number of carbonyl (C=O) groups is 3. The molecule has 0 saturated carbocycles. The van der Waals surface area contributed by atoms with Gasteiger partial charge in [-0.1, -0.05) is 12.1 Å². The third kappa shape index (κ3) is 4.49. The Balaban J connectivity index is 2.11. The molecule has 24 heavy (non-hydrogen) atoms. The van der Waals surface area contributed by atoms with E-state index in [0.717, 1.165) is 0 Å². The summed E-state index contributed by atoms with van der Waals surface area (Å²) in [6.07, 6.45) is 0. The molecule has 6 heteroatoms. The second-order valence-electron chi connectivity index (χ2n) is 5.27. The molecule has 0 aliphatic rings. The number of benzene rings is 2. The monoisotopic (exact) mass is 328 g/mol. The molecule has 0 radical (unpaired) electrons. The Labute approximate surface area is 139 Å². The number of ketones is 1. The van der Waals surface area contributed by atoms with E-state index in [1.165, 1.54) is 43.0 Å². The van der Waals surface area contributed by atoms with Gasteiger partial charge in [0.2, 0.25) is 11.8 Å². The van der Waals surface area contributed by atoms with Gasteiger partial charge in [-0.15, -0.1) is 0 Å². The molecule has 0 heterocycles. The zero-order chi connectivity index (χ0) is 17.7. The number of amides is 2. The van der Waals surface area contributed by atoms with E-state index in [4.69, 9.17) is 0 Å². The second-order valence-corrected chi connectivity index (χ2v) is 5.27. The van der Waals surface area contributed by atoms with Crippen LogP contribution in [0.25, 0.3) is 0 Å². The van der Waals surface area contributed by atoms with Crippen LogP contribution in [0.1, 0.15) is 24.2 Å². The molecule has 0 unspecified atom stereocenters. The summed E-state index contributed by atoms with van der Waals surface area (Å²) in [6.45, 7) is 2.55. The number of hydrogen-bond acceptors (Lipinski definition) is 3. The Morgan fingerprint density at radius 3 is 2.29 bits per heavy atom. The lowest BCUT2D eigenvalue weighted by molar-refractivity contribution is -0.120. The Bertz CT molecular complexity index is 772. The van der Waals surface area contributed by atoms with Crippen molar-refractivity contribution in [2.45, 2.75) is 13.8 Å². The van der Waals surface area contributed by atoms with Gasteiger partial charge in [0, 0.05) is 23.9 Å². The first-order chi connectivity index (χ1) is 11.4. The van der Waals surface area contributed by atoms with E-state index in [-0.39, 0.29) is 18.2 Å². The minimum atomic E-state index is -0.423. The molecule has 2 rings (SSSR count). The summed E-state index contributed by atoms with van der Waals surface area (Å²) in [5, 5.41) is 2.64. The highest BCUT2D eigenvalue weighted by Gasteiger charge is 2.16. The minimum absolute atomic E-state index is 0.109. The summed E-state index contributed by atoms with van der Waals surface area (Å²) in [5.74, 6) is -1.29. The predicted molar refractivity (Wildman–Crippen MR) is 89.5 cm³/mol. The van der Waals surface area contributed by atoms with Crippen LogP contribution in [-0.2, 0) is 9.59 Å². The third-order valence-electron chi connectivity index (χ3n) is 3.37. The van der Waals surface area contributed by atoms with Crippen molar-refractivity contribution in [2.75, 3.05) is 16.8 Å². The maximum Gasteiger partial charge on any atom is 0.244 e. The standard InChI is InChI=1S/C18H17FN2O3/c1-12(22)14-4-3-5-16(10-14)20-18(24)11-21(13(2)23)17-8-6-15(19)7-9-17/h3-10H,11H2,1-2H3,(H,20,24). The van der Waals surface area contributed by atoms with Gasteiger partial charge < -0.3 is 10.2 Å². The van der Waals surface area contributed by atoms with Gasteiger partial charge in [-0.05, 0) is 43.3 Å². The van der Waals surface area contributed by atoms with Crippen LogP contribution in [0, 0.1) is 5.82 Å². The third-order valence-corrected chi connectivity index (χ3v) is 3.37. The van der Waals surface area contributed by atoms with Crippen molar-refractivity contribution < 1.29 is 18.8 Å². The fourth-order valence-corrected chi connectivity index (χ4v) is 2.17. The molecule has 2 aromatic carbocycles. The fourth-order valence-electron chi connectivity index (χ4n) is 2.17. The van der Waals surface area contributed by atoms with Crippen molar-refractivity contribution >= 4 is 29.0 Å². The topological polar surface area (TPSA) is 66.5 Å². The highest BCUT2D eigenvalue weighted by atomic mass is 19.1. The smallest absolute Gasteiger partial charge is 0.244 e. The first-order valence-electron chi connectivity index (χ1n) is 7.31. The second kappa shape index (κ2) is 7.50. The molecule has 2 aromatic rings. The lowest BCUT2D eigenvalue weighted by Gasteiger charge is -2.20. The van der Waals surface area contributed by atoms with Crippen LogP contribution in [0.5, 0.6) is 0 Å². The van der Waals surface area contributed by atoms with E-state index >= 15 is 0 Å². The highest BCUT2D eigenvalue weighted by Crippen LogP contribution is 2.16. The molecule has 0 fully saturated rings. The molecule has 1 N–H and O–H groups in total. The minimum Gasteiger partial charge on any atom is -0.325 e. The number of nitrogens with one attached hydrogen (secondary N) is 1. The molecule has 5 nitrogen and oxygen atoms in total. The van der Waals surface area contributed by atoms with Crippen LogP contribution in [0.3, 0.4) is 0 Å². The van der Waals surface area contributed by atoms with Crippen molar-refractivity contribution in [2.24, 2.45) is 0 Å². The summed E-state index contributed by atoms with van der Waals surface area (Å²) < 4.78 is 13.0. The van der Waals surface area contributed by atoms with Crippen LogP contribution < -0.4 is 10.2 Å². The summed E-state index contributed by atoms with van der Waals surface area (Å²) in [5.41, 5.74) is 1.38. The summed E-state index contributed by atoms with van der Waals surface area (Å²) in [6, 6.07) is 11.8. The molecule has 0 atom stereocenters. The van der Waals surface area contributed by atoms with Crippen molar-refractivity contribution in [1.82, 2.24) is 0 Å². The van der Waals surface area contributed by atoms with E-state index in [9.17, 15) is 18.8 Å². The number of anilines is 2. The quantitative estimate of drug-likeness (QED) is 0.858. The normalized spacial score (nSPS) is 10.1. The van der Waals surface area contributed by atoms with Crippen molar-refractivity contribution in [3.63, 3.8) is 0 Å². The molecule has 0 aliphatic heterocycles. The fraction of sp³-hybridized carbons (Fsp3) is 0.167. The number of hydrogen-bond donors (Lipinski definition) is 1. The lowest BCUT2D eigenvalue weighted by atomic mass is 10.1. The van der Waals surface area contributed by atoms with E-state index in [1.54, 1.807) is 24.3 Å². The number of rotatable bonds is 5. The highest BCUT2D eigenvalue weighted by molar-refractivity contribution is 6.02. The molecule has 0 saturated heterocycles. The maximum absolute atomic E-state index is 13.0. The van der Waals surface area contributed by atoms with Crippen LogP contribution >= 0.6 is 0 Å². The lowest BCUT2D eigenvalue weighted by Crippen LogP contribution is -2.36. The van der Waals surface area contributed by atoms with E-state index in [1.807, 2.05) is 0 Å². The van der Waals surface area contributed by atoms with Gasteiger partial charge in [0.25, 0.3) is 0 Å². The van der Waals surface area contributed by atoms with Gasteiger partial charge in [-0.3, -0.25) is 14.4 Å². The largest absolute Gasteiger partial charge is 0.325 e. The number of carbonyl (C=O) groups excluding carboxylic acids is 3. The first kappa shape index (κ1) is 17.3. The van der Waals surface area contributed by atoms with E-state index in [0.29, 0.717) is 16.9 Å². The molecule has 0 aromatic heterocycles. The van der Waals surface area contributed by atoms with E-state index in [2.05, 4.69) is 5.32 Å². The van der Waals surface area contributed by atoms with E-state index < -0.39 is 11.7 Å². The Morgan fingerprint density at radius 2 is 1.71 bits per heavy atom. The van der Waals surface area contributed by atoms with Crippen LogP contribution in [0.4, 0.5) is 15.8 Å². The van der Waals surface area contributed by atoms with Gasteiger partial charge in [-0.25, -0.2) is 4.39 Å². The average molecular weight is 328 g/mol. The summed E-state index contributed by atoms with van der Waals surface area (Å²) >= 11 is 0. The van der Waals surface area contributed by atoms with Crippen LogP contribution in [0.15, 0.2) is 48.5 Å². The van der Waals surface area contributed by atoms with Crippen LogP contribution in [-0.4, -0.2) is 24.1 Å². The number of nitrogens with zero attached hydrogens (tertiary/aromatic N) is 1. The SMILES string of the molecule is CC(=O)c1cccc(NC(=O)CN(C(C)=O)c2ccc(F)cc2)c1. The molecular formula is C18H17FN2O3. The Kier molecular flexibility index (Phi) is 5.42. The maximum atomic E-state index is 13.0. The molecule has 0 spiro atoms. The van der Waals surface area contributed by atoms with Gasteiger partial charge >= 0.3 is 0 Å². The van der Waals surface area contributed by atoms with Gasteiger partial charge in [0.05, 0.1) is 0 Å². The predicted octanol–water partition coefficient (Wildman–Crippen LogP) is 3.02. The van der Waals surface area contributed by atoms with Gasteiger partial charge in [0.15, 0.2) is 5.78 Å². The van der Waals surface area contributed by atoms with Crippen molar-refractivity contribution in [3.8, 4) is 0 Å². The molecule has 2 amide bonds. The van der Waals surface area contributed by atoms with Crippen molar-refractivity contribution in [3.05, 3.63) is 59.9 Å². The number of halogens is 1. The molecule has 0 bridgehead atoms. The molecular weight excluding hydrogens is 311 g/mol. The van der Waals surface area contributed by atoms with Gasteiger partial charge in [-0.2, -0.15) is 0 Å². The van der Waals surface area contributed by atoms with Gasteiger partial charge in [0.1, 0.15) is 12.4 Å². The average Bonchev–Trinajstić information content (AvgIpc) is 2.53. The summed E-state index contributed by atoms with van der Waals surface area (Å²) in [7, 11) is 0. The zero-order valence-electron chi connectivity index (χ0n) is 13.4. The molecule has 124 valence electrons. The Morgan fingerprint density at radius 1 is 1.04 bits per heavy atom. The molecule has 0 aliphatic carbocycles. The van der Waals surface area contributed by atoms with Crippen LogP contribution in [0.2, 0.25) is 0 Å². The summed E-state index contributed by atoms with van der Waals surface area (Å²) in [4.78, 5) is 36.6. The number of Topliss-reactive ketones (excluding diaryl/α,β-unsaturated/α-hetero) is 1. The van der Waals surface area contributed by atoms with Crippen molar-refractivity contribution in [1.29, 1.82) is 0 Å². The first-order valence-corrected chi connectivity index (χ1v) is 7.31. The zero-order valence-corrected chi connectivity index (χ0v) is 13.4.